The van der Waals surface area contributed by atoms with Gasteiger partial charge in [0.2, 0.25) is 11.8 Å². The van der Waals surface area contributed by atoms with Crippen LogP contribution in [-0.4, -0.2) is 38.5 Å². The largest absolute Gasteiger partial charge is 0.416 e. The first kappa shape index (κ1) is 19.6. The minimum atomic E-state index is -0.478. The van der Waals surface area contributed by atoms with Gasteiger partial charge < -0.3 is 14.3 Å². The number of aromatic amines is 1. The van der Waals surface area contributed by atoms with Gasteiger partial charge in [-0.1, -0.05) is 30.0 Å². The van der Waals surface area contributed by atoms with Gasteiger partial charge in [0, 0.05) is 31.0 Å². The fourth-order valence-corrected chi connectivity index (χ4v) is 3.21. The number of hydrogen-bond donors (Lipinski definition) is 1. The summed E-state index contributed by atoms with van der Waals surface area (Å²) in [4.78, 5) is 40.3. The Morgan fingerprint density at radius 1 is 1.25 bits per heavy atom. The van der Waals surface area contributed by atoms with Gasteiger partial charge in [0.1, 0.15) is 0 Å². The maximum Gasteiger partial charge on any atom is 0.328 e. The molecular formula is C18H19N5O4S. The van der Waals surface area contributed by atoms with Crippen LogP contribution in [0.5, 0.6) is 0 Å². The Kier molecular flexibility index (Phi) is 5.78. The molecule has 2 aromatic heterocycles. The first-order valence-corrected chi connectivity index (χ1v) is 9.41. The van der Waals surface area contributed by atoms with Gasteiger partial charge in [-0.15, -0.1) is 10.2 Å². The molecule has 0 radical (unpaired) electrons. The summed E-state index contributed by atoms with van der Waals surface area (Å²) >= 11 is 1.12. The number of thioether (sulfide) groups is 1. The average molecular weight is 401 g/mol. The lowest BCUT2D eigenvalue weighted by atomic mass is 10.2. The number of H-pyrrole nitrogens is 1. The van der Waals surface area contributed by atoms with Crippen LogP contribution in [0.15, 0.2) is 49.6 Å². The van der Waals surface area contributed by atoms with Gasteiger partial charge in [-0.05, 0) is 19.1 Å². The topological polar surface area (TPSA) is 114 Å². The molecule has 10 heteroatoms. The van der Waals surface area contributed by atoms with Crippen molar-refractivity contribution in [3.63, 3.8) is 0 Å². The zero-order chi connectivity index (χ0) is 20.3. The van der Waals surface area contributed by atoms with E-state index in [1.165, 1.54) is 7.05 Å². The smallest absolute Gasteiger partial charge is 0.328 e. The second kappa shape index (κ2) is 8.26. The van der Waals surface area contributed by atoms with Crippen molar-refractivity contribution in [2.24, 2.45) is 7.05 Å². The van der Waals surface area contributed by atoms with Crippen LogP contribution in [0.1, 0.15) is 17.1 Å². The Labute approximate surface area is 164 Å². The van der Waals surface area contributed by atoms with E-state index in [4.69, 9.17) is 4.42 Å². The van der Waals surface area contributed by atoms with Gasteiger partial charge in [0.25, 0.3) is 10.8 Å². The molecule has 0 aliphatic carbocycles. The Balaban J connectivity index is 1.65. The summed E-state index contributed by atoms with van der Waals surface area (Å²) in [5.74, 6) is 0.256. The molecule has 0 saturated carbocycles. The number of benzene rings is 1. The van der Waals surface area contributed by atoms with Gasteiger partial charge in [0.15, 0.2) is 0 Å². The zero-order valence-corrected chi connectivity index (χ0v) is 16.4. The second-order valence-electron chi connectivity index (χ2n) is 6.11. The highest BCUT2D eigenvalue weighted by atomic mass is 32.2. The molecule has 0 fully saturated rings. The van der Waals surface area contributed by atoms with E-state index in [9.17, 15) is 14.4 Å². The average Bonchev–Trinajstić information content (AvgIpc) is 3.15. The van der Waals surface area contributed by atoms with Crippen LogP contribution < -0.4 is 16.1 Å². The van der Waals surface area contributed by atoms with Crippen molar-refractivity contribution in [2.75, 3.05) is 17.7 Å². The van der Waals surface area contributed by atoms with Crippen molar-refractivity contribution in [3.05, 3.63) is 68.3 Å². The number of aromatic nitrogens is 4. The van der Waals surface area contributed by atoms with E-state index in [-0.39, 0.29) is 29.2 Å². The fraction of sp³-hybridized carbons (Fsp3) is 0.278. The van der Waals surface area contributed by atoms with Crippen LogP contribution >= 0.6 is 11.8 Å². The number of para-hydroxylation sites is 1. The van der Waals surface area contributed by atoms with Crippen LogP contribution in [0.2, 0.25) is 0 Å². The van der Waals surface area contributed by atoms with E-state index in [0.29, 0.717) is 11.3 Å². The lowest BCUT2D eigenvalue weighted by Gasteiger charge is -2.16. The summed E-state index contributed by atoms with van der Waals surface area (Å²) in [6.07, 6.45) is 0.0979. The van der Waals surface area contributed by atoms with Crippen molar-refractivity contribution in [2.45, 2.75) is 18.6 Å². The SMILES string of the molecule is Cc1[nH]c(=O)n(C)c(=O)c1Cc1nnc(SCC(=O)N(C)c2ccccc2)o1. The maximum atomic E-state index is 12.3. The van der Waals surface area contributed by atoms with E-state index in [1.54, 1.807) is 18.9 Å². The highest BCUT2D eigenvalue weighted by molar-refractivity contribution is 7.99. The molecule has 28 heavy (non-hydrogen) atoms. The van der Waals surface area contributed by atoms with Gasteiger partial charge in [-0.3, -0.25) is 14.2 Å². The number of amides is 1. The molecule has 0 aliphatic heterocycles. The highest BCUT2D eigenvalue weighted by Crippen LogP contribution is 2.19. The maximum absolute atomic E-state index is 12.3. The molecule has 0 saturated heterocycles. The lowest BCUT2D eigenvalue weighted by Crippen LogP contribution is -2.36. The van der Waals surface area contributed by atoms with Gasteiger partial charge >= 0.3 is 5.69 Å². The Bertz CT molecular complexity index is 1100. The summed E-state index contributed by atoms with van der Waals surface area (Å²) in [5.41, 5.74) is 0.744. The molecule has 0 aliphatic rings. The first-order chi connectivity index (χ1) is 13.4. The Morgan fingerprint density at radius 3 is 2.68 bits per heavy atom. The van der Waals surface area contributed by atoms with Crippen LogP contribution in [0.3, 0.4) is 0 Å². The normalized spacial score (nSPS) is 10.8. The summed E-state index contributed by atoms with van der Waals surface area (Å²) in [7, 11) is 3.10. The van der Waals surface area contributed by atoms with Crippen molar-refractivity contribution < 1.29 is 9.21 Å². The van der Waals surface area contributed by atoms with Crippen LogP contribution in [0.4, 0.5) is 5.69 Å². The summed E-state index contributed by atoms with van der Waals surface area (Å²) in [6, 6.07) is 9.30. The number of nitrogens with one attached hydrogen (secondary N) is 1. The molecule has 9 nitrogen and oxygen atoms in total. The Morgan fingerprint density at radius 2 is 1.96 bits per heavy atom. The number of anilines is 1. The van der Waals surface area contributed by atoms with E-state index < -0.39 is 11.2 Å². The van der Waals surface area contributed by atoms with Crippen LogP contribution in [0.25, 0.3) is 0 Å². The first-order valence-electron chi connectivity index (χ1n) is 8.42. The lowest BCUT2D eigenvalue weighted by molar-refractivity contribution is -0.115. The summed E-state index contributed by atoms with van der Waals surface area (Å²) < 4.78 is 6.53. The zero-order valence-electron chi connectivity index (χ0n) is 15.6. The number of carbonyl (C=O) groups is 1. The molecule has 1 aromatic carbocycles. The fourth-order valence-electron chi connectivity index (χ4n) is 2.52. The minimum absolute atomic E-state index is 0.0979. The van der Waals surface area contributed by atoms with Crippen molar-refractivity contribution in [1.82, 2.24) is 19.7 Å². The van der Waals surface area contributed by atoms with E-state index >= 15 is 0 Å². The minimum Gasteiger partial charge on any atom is -0.416 e. The van der Waals surface area contributed by atoms with Crippen molar-refractivity contribution in [3.8, 4) is 0 Å². The molecule has 146 valence electrons. The Hall–Kier alpha value is -3.14. The van der Waals surface area contributed by atoms with Gasteiger partial charge in [-0.2, -0.15) is 0 Å². The van der Waals surface area contributed by atoms with E-state index in [2.05, 4.69) is 15.2 Å². The van der Waals surface area contributed by atoms with Gasteiger partial charge in [-0.25, -0.2) is 4.79 Å². The molecule has 0 spiro atoms. The molecule has 0 unspecified atom stereocenters. The van der Waals surface area contributed by atoms with Crippen LogP contribution in [0, 0.1) is 6.92 Å². The number of carbonyl (C=O) groups excluding carboxylic acids is 1. The monoisotopic (exact) mass is 401 g/mol. The number of aryl methyl sites for hydroxylation is 1. The van der Waals surface area contributed by atoms with Crippen molar-refractivity contribution in [1.29, 1.82) is 0 Å². The molecular weight excluding hydrogens is 382 g/mol. The van der Waals surface area contributed by atoms with E-state index in [1.807, 2.05) is 30.3 Å². The third kappa shape index (κ3) is 4.22. The number of rotatable bonds is 6. The van der Waals surface area contributed by atoms with Crippen LogP contribution in [-0.2, 0) is 18.3 Å². The molecule has 0 bridgehead atoms. The number of hydrogen-bond acceptors (Lipinski definition) is 7. The third-order valence-corrected chi connectivity index (χ3v) is 5.03. The molecule has 3 aromatic rings. The molecule has 0 atom stereocenters. The predicted octanol–water partition coefficient (Wildman–Crippen LogP) is 1.11. The standard InChI is InChI=1S/C18H19N5O4S/c1-11-13(16(25)23(3)17(26)19-11)9-14-20-21-18(27-14)28-10-15(24)22(2)12-7-5-4-6-8-12/h4-8H,9-10H2,1-3H3,(H,19,26). The molecule has 1 amide bonds. The summed E-state index contributed by atoms with van der Waals surface area (Å²) in [6.45, 7) is 1.64. The predicted molar refractivity (Wildman–Crippen MR) is 105 cm³/mol. The third-order valence-electron chi connectivity index (χ3n) is 4.23. The quantitative estimate of drug-likeness (QED) is 0.616. The highest BCUT2D eigenvalue weighted by Gasteiger charge is 2.16. The molecule has 1 N–H and O–H groups in total. The number of nitrogens with zero attached hydrogens (tertiary/aromatic N) is 4. The van der Waals surface area contributed by atoms with Crippen molar-refractivity contribution >= 4 is 23.4 Å². The molecule has 2 heterocycles. The van der Waals surface area contributed by atoms with Gasteiger partial charge in [0.05, 0.1) is 12.2 Å². The molecule has 3 rings (SSSR count). The second-order valence-corrected chi connectivity index (χ2v) is 7.04. The summed E-state index contributed by atoms with van der Waals surface area (Å²) in [5, 5.41) is 8.07. The van der Waals surface area contributed by atoms with E-state index in [0.717, 1.165) is 22.0 Å².